The van der Waals surface area contributed by atoms with Crippen molar-refractivity contribution in [1.29, 1.82) is 0 Å². The second kappa shape index (κ2) is 8.74. The summed E-state index contributed by atoms with van der Waals surface area (Å²) in [4.78, 5) is 15.7. The summed E-state index contributed by atoms with van der Waals surface area (Å²) in [7, 11) is 2.11. The number of aryl methyl sites for hydroxylation is 1. The van der Waals surface area contributed by atoms with Crippen LogP contribution in [0.25, 0.3) is 10.9 Å². The van der Waals surface area contributed by atoms with Crippen LogP contribution in [0.5, 0.6) is 0 Å². The molecule has 1 amide bonds. The van der Waals surface area contributed by atoms with Gasteiger partial charge in [0.25, 0.3) is 5.91 Å². The van der Waals surface area contributed by atoms with Crippen LogP contribution in [0.15, 0.2) is 30.5 Å². The number of hydrogen-bond donors (Lipinski definition) is 1. The van der Waals surface area contributed by atoms with E-state index in [0.717, 1.165) is 51.0 Å². The Balaban J connectivity index is 1.41. The van der Waals surface area contributed by atoms with Gasteiger partial charge in [-0.25, -0.2) is 0 Å². The highest BCUT2D eigenvalue weighted by Gasteiger charge is 2.30. The summed E-state index contributed by atoms with van der Waals surface area (Å²) in [5, 5.41) is 9.43. The van der Waals surface area contributed by atoms with Gasteiger partial charge in [0.15, 0.2) is 5.69 Å². The summed E-state index contributed by atoms with van der Waals surface area (Å²) in [6.45, 7) is 7.94. The molecule has 6 heteroatoms. The number of nitrogens with zero attached hydrogens (tertiary/aromatic N) is 4. The van der Waals surface area contributed by atoms with Crippen molar-refractivity contribution in [3.63, 3.8) is 0 Å². The Hall–Kier alpha value is -2.60. The standard InChI is InChI=1S/C26H35N5O/c1-18(2)14-31-24-12-13-30(16-19-15-29(3)23-11-7-6-10-21(19)23)17-22(24)25(28-31)26(32)27-20-8-4-5-9-20/h6-7,10-11,15,18,20H,4-5,8-9,12-14,16-17H2,1-3H3,(H,27,32). The number of rotatable bonds is 6. The maximum Gasteiger partial charge on any atom is 0.272 e. The summed E-state index contributed by atoms with van der Waals surface area (Å²) in [6.07, 6.45) is 7.79. The minimum Gasteiger partial charge on any atom is -0.350 e. The molecular formula is C26H35N5O. The first-order valence-electron chi connectivity index (χ1n) is 12.1. The van der Waals surface area contributed by atoms with Gasteiger partial charge in [0.2, 0.25) is 0 Å². The molecule has 0 spiro atoms. The van der Waals surface area contributed by atoms with Crippen LogP contribution in [0, 0.1) is 5.92 Å². The zero-order valence-corrected chi connectivity index (χ0v) is 19.6. The van der Waals surface area contributed by atoms with E-state index in [-0.39, 0.29) is 5.91 Å². The van der Waals surface area contributed by atoms with Gasteiger partial charge in [0.05, 0.1) is 0 Å². The lowest BCUT2D eigenvalue weighted by Crippen LogP contribution is -2.35. The second-order valence-corrected chi connectivity index (χ2v) is 10.0. The summed E-state index contributed by atoms with van der Waals surface area (Å²) < 4.78 is 4.32. The first kappa shape index (κ1) is 21.3. The predicted octanol–water partition coefficient (Wildman–Crippen LogP) is 4.26. The highest BCUT2D eigenvalue weighted by molar-refractivity contribution is 5.94. The lowest BCUT2D eigenvalue weighted by Gasteiger charge is -2.28. The molecule has 1 saturated carbocycles. The Bertz CT molecular complexity index is 1120. The number of hydrogen-bond acceptors (Lipinski definition) is 3. The number of amides is 1. The van der Waals surface area contributed by atoms with Gasteiger partial charge in [-0.15, -0.1) is 0 Å². The molecule has 0 atom stereocenters. The van der Waals surface area contributed by atoms with Gasteiger partial charge >= 0.3 is 0 Å². The van der Waals surface area contributed by atoms with Gasteiger partial charge < -0.3 is 9.88 Å². The Morgan fingerprint density at radius 2 is 2.00 bits per heavy atom. The number of carbonyl (C=O) groups is 1. The third-order valence-corrected chi connectivity index (χ3v) is 7.03. The van der Waals surface area contributed by atoms with Crippen LogP contribution < -0.4 is 5.32 Å². The highest BCUT2D eigenvalue weighted by atomic mass is 16.2. The Morgan fingerprint density at radius 1 is 1.22 bits per heavy atom. The highest BCUT2D eigenvalue weighted by Crippen LogP contribution is 2.28. The Kier molecular flexibility index (Phi) is 5.80. The number of benzene rings is 1. The van der Waals surface area contributed by atoms with Crippen LogP contribution in [0.2, 0.25) is 0 Å². The SMILES string of the molecule is CC(C)Cn1nc(C(=O)NC2CCCC2)c2c1CCN(Cc1cn(C)c3ccccc13)C2. The van der Waals surface area contributed by atoms with Crippen molar-refractivity contribution in [2.75, 3.05) is 6.54 Å². The smallest absolute Gasteiger partial charge is 0.272 e. The van der Waals surface area contributed by atoms with E-state index < -0.39 is 0 Å². The number of carbonyl (C=O) groups excluding carboxylic acids is 1. The molecule has 0 bridgehead atoms. The molecule has 0 saturated heterocycles. The van der Waals surface area contributed by atoms with Gasteiger partial charge in [-0.05, 0) is 30.4 Å². The van der Waals surface area contributed by atoms with Crippen LogP contribution in [0.1, 0.15) is 66.8 Å². The molecule has 5 rings (SSSR count). The van der Waals surface area contributed by atoms with Crippen LogP contribution in [0.4, 0.5) is 0 Å². The fourth-order valence-electron chi connectivity index (χ4n) is 5.48. The molecule has 2 aromatic heterocycles. The zero-order valence-electron chi connectivity index (χ0n) is 19.6. The Morgan fingerprint density at radius 3 is 2.78 bits per heavy atom. The summed E-state index contributed by atoms with van der Waals surface area (Å²) in [5.41, 5.74) is 5.65. The molecule has 1 aliphatic carbocycles. The molecule has 3 heterocycles. The summed E-state index contributed by atoms with van der Waals surface area (Å²) in [6, 6.07) is 8.90. The van der Waals surface area contributed by atoms with Crippen LogP contribution in [-0.2, 0) is 33.1 Å². The van der Waals surface area contributed by atoms with Gasteiger partial charge in [0, 0.05) is 74.0 Å². The monoisotopic (exact) mass is 433 g/mol. The molecule has 6 nitrogen and oxygen atoms in total. The van der Waals surface area contributed by atoms with E-state index in [1.54, 1.807) is 0 Å². The average Bonchev–Trinajstić information content (AvgIpc) is 3.47. The third kappa shape index (κ3) is 4.08. The van der Waals surface area contributed by atoms with E-state index in [4.69, 9.17) is 5.10 Å². The molecule has 1 fully saturated rings. The van der Waals surface area contributed by atoms with Gasteiger partial charge in [-0.2, -0.15) is 5.10 Å². The van der Waals surface area contributed by atoms with E-state index >= 15 is 0 Å². The molecule has 0 unspecified atom stereocenters. The lowest BCUT2D eigenvalue weighted by molar-refractivity contribution is 0.0929. The van der Waals surface area contributed by atoms with Crippen molar-refractivity contribution in [3.05, 3.63) is 53.0 Å². The lowest BCUT2D eigenvalue weighted by atomic mass is 10.0. The van der Waals surface area contributed by atoms with E-state index in [2.05, 4.69) is 70.8 Å². The van der Waals surface area contributed by atoms with Crippen molar-refractivity contribution in [1.82, 2.24) is 24.6 Å². The third-order valence-electron chi connectivity index (χ3n) is 7.03. The van der Waals surface area contributed by atoms with Crippen molar-refractivity contribution < 1.29 is 4.79 Å². The normalized spacial score (nSPS) is 17.4. The maximum absolute atomic E-state index is 13.2. The van der Waals surface area contributed by atoms with Crippen molar-refractivity contribution in [2.45, 2.75) is 71.6 Å². The van der Waals surface area contributed by atoms with Crippen LogP contribution in [0.3, 0.4) is 0 Å². The van der Waals surface area contributed by atoms with E-state index in [0.29, 0.717) is 17.7 Å². The van der Waals surface area contributed by atoms with Gasteiger partial charge in [-0.3, -0.25) is 14.4 Å². The Labute approximate surface area is 190 Å². The maximum atomic E-state index is 13.2. The largest absolute Gasteiger partial charge is 0.350 e. The van der Waals surface area contributed by atoms with E-state index in [1.807, 2.05) is 0 Å². The number of para-hydroxylation sites is 1. The van der Waals surface area contributed by atoms with E-state index in [9.17, 15) is 4.79 Å². The molecule has 32 heavy (non-hydrogen) atoms. The molecule has 170 valence electrons. The molecule has 1 aromatic carbocycles. The predicted molar refractivity (Wildman–Crippen MR) is 128 cm³/mol. The van der Waals surface area contributed by atoms with Crippen molar-refractivity contribution in [3.8, 4) is 0 Å². The fraction of sp³-hybridized carbons (Fsp3) is 0.538. The van der Waals surface area contributed by atoms with E-state index in [1.165, 1.54) is 35.0 Å². The zero-order chi connectivity index (χ0) is 22.2. The number of nitrogens with one attached hydrogen (secondary N) is 1. The first-order valence-corrected chi connectivity index (χ1v) is 12.1. The number of aromatic nitrogens is 3. The first-order chi connectivity index (χ1) is 15.5. The van der Waals surface area contributed by atoms with Crippen LogP contribution in [-0.4, -0.2) is 37.7 Å². The number of fused-ring (bicyclic) bond motifs is 2. The van der Waals surface area contributed by atoms with Crippen molar-refractivity contribution >= 4 is 16.8 Å². The fourth-order valence-corrected chi connectivity index (χ4v) is 5.48. The quantitative estimate of drug-likeness (QED) is 0.632. The minimum atomic E-state index is 0.0164. The van der Waals surface area contributed by atoms with Crippen LogP contribution >= 0.6 is 0 Å². The minimum absolute atomic E-state index is 0.0164. The average molecular weight is 434 g/mol. The summed E-state index contributed by atoms with van der Waals surface area (Å²) >= 11 is 0. The molecular weight excluding hydrogens is 398 g/mol. The molecule has 2 aliphatic rings. The molecule has 1 aliphatic heterocycles. The summed E-state index contributed by atoms with van der Waals surface area (Å²) in [5.74, 6) is 0.515. The van der Waals surface area contributed by atoms with Crippen molar-refractivity contribution in [2.24, 2.45) is 13.0 Å². The molecule has 3 aromatic rings. The second-order valence-electron chi connectivity index (χ2n) is 10.0. The molecule has 1 N–H and O–H groups in total. The molecule has 0 radical (unpaired) electrons. The van der Waals surface area contributed by atoms with Gasteiger partial charge in [-0.1, -0.05) is 44.9 Å². The van der Waals surface area contributed by atoms with Gasteiger partial charge in [0.1, 0.15) is 0 Å². The topological polar surface area (TPSA) is 55.1 Å².